The van der Waals surface area contributed by atoms with E-state index in [0.717, 1.165) is 4.34 Å². The second kappa shape index (κ2) is 5.11. The van der Waals surface area contributed by atoms with Crippen LogP contribution in [-0.4, -0.2) is 33.2 Å². The summed E-state index contributed by atoms with van der Waals surface area (Å²) in [6.07, 6.45) is 0. The van der Waals surface area contributed by atoms with Crippen molar-refractivity contribution in [1.29, 1.82) is 0 Å². The van der Waals surface area contributed by atoms with E-state index in [4.69, 9.17) is 17.3 Å². The van der Waals surface area contributed by atoms with Gasteiger partial charge in [-0.3, -0.25) is 9.89 Å². The minimum atomic E-state index is -0.867. The van der Waals surface area contributed by atoms with Gasteiger partial charge >= 0.3 is 5.97 Å². The number of thioether (sulfide) groups is 1. The van der Waals surface area contributed by atoms with Crippen LogP contribution >= 0.6 is 35.3 Å². The molecule has 0 saturated heterocycles. The molecule has 1 radical (unpaired) electrons. The van der Waals surface area contributed by atoms with Crippen LogP contribution in [0.4, 0.5) is 0 Å². The van der Waals surface area contributed by atoms with E-state index in [9.17, 15) is 4.79 Å². The molecule has 2 N–H and O–H groups in total. The standard InChI is InChI=1S/C9H14BN2O2S3/c1-8(2,5(13)14)10-9(3,4)17-7-12-11-6(15)16-7/h1-4H3,(H,11,15)(H,13,14). The molecule has 4 nitrogen and oxygen atoms in total. The lowest BCUT2D eigenvalue weighted by Crippen LogP contribution is -2.36. The molecule has 0 spiro atoms. The predicted molar refractivity (Wildman–Crippen MR) is 74.7 cm³/mol. The minimum Gasteiger partial charge on any atom is -0.481 e. The highest BCUT2D eigenvalue weighted by Crippen LogP contribution is 2.38. The number of aromatic nitrogens is 2. The molecular formula is C9H14BN2O2S3. The Kier molecular flexibility index (Phi) is 4.43. The fourth-order valence-corrected chi connectivity index (χ4v) is 4.18. The lowest BCUT2D eigenvalue weighted by molar-refractivity contribution is -0.139. The zero-order valence-corrected chi connectivity index (χ0v) is 12.6. The van der Waals surface area contributed by atoms with Gasteiger partial charge in [-0.25, -0.2) is 0 Å². The molecule has 0 bridgehead atoms. The molecule has 0 saturated carbocycles. The summed E-state index contributed by atoms with van der Waals surface area (Å²) in [5, 5.41) is 15.0. The van der Waals surface area contributed by atoms with Gasteiger partial charge in [-0.05, 0) is 16.9 Å². The van der Waals surface area contributed by atoms with Gasteiger partial charge in [0.25, 0.3) is 0 Å². The molecule has 1 heterocycles. The molecule has 0 amide bonds. The maximum atomic E-state index is 11.1. The Bertz CT molecular complexity index is 467. The molecule has 0 aromatic carbocycles. The van der Waals surface area contributed by atoms with Crippen molar-refractivity contribution in [3.63, 3.8) is 0 Å². The maximum absolute atomic E-state index is 11.1. The third-order valence-corrected chi connectivity index (χ3v) is 4.32. The number of hydrogen-bond donors (Lipinski definition) is 2. The maximum Gasteiger partial charge on any atom is 0.300 e. The number of carboxylic acids is 1. The molecule has 0 aliphatic rings. The first-order valence-electron chi connectivity index (χ1n) is 4.97. The zero-order valence-electron chi connectivity index (χ0n) is 10.1. The second-order valence-corrected chi connectivity index (χ2v) is 8.32. The highest BCUT2D eigenvalue weighted by atomic mass is 32.2. The van der Waals surface area contributed by atoms with Crippen molar-refractivity contribution in [3.05, 3.63) is 3.95 Å². The van der Waals surface area contributed by atoms with Gasteiger partial charge in [-0.2, -0.15) is 5.10 Å². The Labute approximate surface area is 114 Å². The van der Waals surface area contributed by atoms with Crippen LogP contribution in [0, 0.1) is 3.95 Å². The normalized spacial score (nSPS) is 12.5. The van der Waals surface area contributed by atoms with Crippen molar-refractivity contribution in [2.75, 3.05) is 0 Å². The highest BCUT2D eigenvalue weighted by Gasteiger charge is 2.37. The minimum absolute atomic E-state index is 0.324. The van der Waals surface area contributed by atoms with Crippen molar-refractivity contribution in [2.24, 2.45) is 0 Å². The van der Waals surface area contributed by atoms with Gasteiger partial charge in [0.2, 0.25) is 0 Å². The molecule has 93 valence electrons. The van der Waals surface area contributed by atoms with Crippen LogP contribution in [0.25, 0.3) is 0 Å². The van der Waals surface area contributed by atoms with Crippen LogP contribution in [-0.2, 0) is 4.79 Å². The summed E-state index contributed by atoms with van der Waals surface area (Å²) in [5.41, 5.74) is 0. The third kappa shape index (κ3) is 4.44. The first-order valence-corrected chi connectivity index (χ1v) is 7.01. The number of aliphatic carboxylic acids is 1. The molecule has 8 heteroatoms. The molecule has 1 aromatic rings. The Hall–Kier alpha value is -0.335. The van der Waals surface area contributed by atoms with E-state index in [1.807, 2.05) is 21.1 Å². The SMILES string of the molecule is CC(C)([B]C(C)(C)C(=O)O)Sc1n[nH]c(=S)s1. The van der Waals surface area contributed by atoms with Gasteiger partial charge in [0.05, 0.1) is 0 Å². The van der Waals surface area contributed by atoms with Gasteiger partial charge in [-0.1, -0.05) is 50.8 Å². The summed E-state index contributed by atoms with van der Waals surface area (Å²) >= 11 is 7.85. The van der Waals surface area contributed by atoms with Crippen molar-refractivity contribution >= 4 is 48.6 Å². The Balaban J connectivity index is 2.75. The largest absolute Gasteiger partial charge is 0.481 e. The van der Waals surface area contributed by atoms with Gasteiger partial charge in [-0.15, -0.1) is 0 Å². The summed E-state index contributed by atoms with van der Waals surface area (Å²) in [7, 11) is 1.82. The van der Waals surface area contributed by atoms with Crippen molar-refractivity contribution < 1.29 is 9.90 Å². The van der Waals surface area contributed by atoms with Crippen molar-refractivity contribution in [2.45, 2.75) is 42.0 Å². The molecule has 0 unspecified atom stereocenters. The van der Waals surface area contributed by atoms with Crippen LogP contribution in [0.5, 0.6) is 0 Å². The number of carbonyl (C=O) groups is 1. The van der Waals surface area contributed by atoms with E-state index >= 15 is 0 Å². The summed E-state index contributed by atoms with van der Waals surface area (Å²) in [4.78, 5) is 11.1. The summed E-state index contributed by atoms with van der Waals surface area (Å²) in [5.74, 6) is -0.833. The summed E-state index contributed by atoms with van der Waals surface area (Å²) in [6.45, 7) is 7.30. The number of rotatable bonds is 5. The molecule has 0 aliphatic carbocycles. The lowest BCUT2D eigenvalue weighted by atomic mass is 9.47. The van der Waals surface area contributed by atoms with Crippen molar-refractivity contribution in [3.8, 4) is 0 Å². The number of hydrogen-bond acceptors (Lipinski definition) is 5. The molecule has 17 heavy (non-hydrogen) atoms. The van der Waals surface area contributed by atoms with Crippen LogP contribution in [0.2, 0.25) is 5.31 Å². The van der Waals surface area contributed by atoms with E-state index in [0.29, 0.717) is 3.95 Å². The Morgan fingerprint density at radius 3 is 2.53 bits per heavy atom. The molecule has 0 atom stereocenters. The molecular weight excluding hydrogens is 275 g/mol. The van der Waals surface area contributed by atoms with Crippen LogP contribution < -0.4 is 0 Å². The van der Waals surface area contributed by atoms with Crippen LogP contribution in [0.15, 0.2) is 4.34 Å². The number of carboxylic acid groups (broad SMARTS) is 1. The number of nitrogens with zero attached hydrogens (tertiary/aromatic N) is 1. The first kappa shape index (κ1) is 14.7. The van der Waals surface area contributed by atoms with E-state index < -0.39 is 11.3 Å². The molecule has 1 rings (SSSR count). The summed E-state index contributed by atoms with van der Waals surface area (Å²) in [6, 6.07) is 0. The second-order valence-electron chi connectivity index (χ2n) is 4.76. The predicted octanol–water partition coefficient (Wildman–Crippen LogP) is 3.02. The zero-order chi connectivity index (χ0) is 13.3. The van der Waals surface area contributed by atoms with Gasteiger partial charge in [0.15, 0.2) is 15.6 Å². The fourth-order valence-electron chi connectivity index (χ4n) is 1.45. The topological polar surface area (TPSA) is 66.0 Å². The van der Waals surface area contributed by atoms with Crippen LogP contribution in [0.3, 0.4) is 0 Å². The van der Waals surface area contributed by atoms with E-state index in [1.54, 1.807) is 13.8 Å². The van der Waals surface area contributed by atoms with Gasteiger partial charge in [0.1, 0.15) is 0 Å². The van der Waals surface area contributed by atoms with Crippen LogP contribution in [0.1, 0.15) is 27.7 Å². The summed E-state index contributed by atoms with van der Waals surface area (Å²) < 4.78 is 1.12. The fraction of sp³-hybridized carbons (Fsp3) is 0.667. The number of aromatic amines is 1. The Morgan fingerprint density at radius 2 is 2.12 bits per heavy atom. The van der Waals surface area contributed by atoms with Gasteiger partial charge < -0.3 is 5.11 Å². The van der Waals surface area contributed by atoms with E-state index in [1.165, 1.54) is 23.1 Å². The highest BCUT2D eigenvalue weighted by molar-refractivity contribution is 8.03. The lowest BCUT2D eigenvalue weighted by Gasteiger charge is -2.29. The average Bonchev–Trinajstić information content (AvgIpc) is 2.47. The van der Waals surface area contributed by atoms with E-state index in [2.05, 4.69) is 10.2 Å². The number of nitrogens with one attached hydrogen (secondary N) is 1. The average molecular weight is 289 g/mol. The van der Waals surface area contributed by atoms with E-state index in [-0.39, 0.29) is 4.65 Å². The van der Waals surface area contributed by atoms with Crippen molar-refractivity contribution in [1.82, 2.24) is 10.2 Å². The smallest absolute Gasteiger partial charge is 0.300 e. The Morgan fingerprint density at radius 1 is 1.53 bits per heavy atom. The monoisotopic (exact) mass is 289 g/mol. The quantitative estimate of drug-likeness (QED) is 0.495. The molecule has 0 fully saturated rings. The number of H-pyrrole nitrogens is 1. The third-order valence-electron chi connectivity index (χ3n) is 2.03. The molecule has 0 aliphatic heterocycles. The van der Waals surface area contributed by atoms with Gasteiger partial charge in [0, 0.05) is 5.31 Å². The molecule has 1 aromatic heterocycles. The first-order chi connectivity index (χ1) is 7.62.